The molecule has 0 saturated heterocycles. The van der Waals surface area contributed by atoms with E-state index in [1.165, 1.54) is 7.11 Å². The number of carbonyl (C=O) groups is 2. The van der Waals surface area contributed by atoms with Crippen molar-refractivity contribution in [2.75, 3.05) is 13.7 Å². The first kappa shape index (κ1) is 11.6. The lowest BCUT2D eigenvalue weighted by Gasteiger charge is -2.04. The van der Waals surface area contributed by atoms with E-state index >= 15 is 0 Å². The zero-order chi connectivity index (χ0) is 10.3. The monoisotopic (exact) mass is 204 g/mol. The summed E-state index contributed by atoms with van der Waals surface area (Å²) in [7, 11) is 1.28. The number of carboxylic acids is 1. The van der Waals surface area contributed by atoms with Crippen LogP contribution in [-0.2, 0) is 19.1 Å². The molecule has 0 radical (unpaired) electrons. The number of ether oxygens (including phenoxy) is 2. The van der Waals surface area contributed by atoms with Crippen molar-refractivity contribution in [3.8, 4) is 0 Å². The smallest absolute Gasteiger partial charge is 0.342 e. The fraction of sp³-hybridized carbons (Fsp3) is 0.286. The molecule has 0 aromatic rings. The molecule has 0 aromatic carbocycles. The zero-order valence-electron chi connectivity index (χ0n) is 6.85. The van der Waals surface area contributed by atoms with E-state index < -0.39 is 11.9 Å². The number of methoxy groups -OCH3 is 1. The SMILES string of the molecule is CO/C(=C/C(=O)O)COC(=O)C=S. The molecule has 0 heterocycles. The molecule has 5 nitrogen and oxygen atoms in total. The Labute approximate surface area is 79.9 Å². The van der Waals surface area contributed by atoms with Crippen molar-refractivity contribution in [3.63, 3.8) is 0 Å². The minimum Gasteiger partial charge on any atom is -0.497 e. The first-order valence-electron chi connectivity index (χ1n) is 3.19. The van der Waals surface area contributed by atoms with Gasteiger partial charge >= 0.3 is 11.9 Å². The summed E-state index contributed by atoms with van der Waals surface area (Å²) >= 11 is 4.27. The summed E-state index contributed by atoms with van der Waals surface area (Å²) in [6.07, 6.45) is 0.802. The quantitative estimate of drug-likeness (QED) is 0.297. The third-order valence-electron chi connectivity index (χ3n) is 1.000. The van der Waals surface area contributed by atoms with E-state index in [0.717, 1.165) is 11.4 Å². The van der Waals surface area contributed by atoms with Gasteiger partial charge in [-0.25, -0.2) is 9.59 Å². The van der Waals surface area contributed by atoms with Crippen molar-refractivity contribution in [3.05, 3.63) is 11.8 Å². The molecule has 0 rings (SSSR count). The predicted octanol–water partition coefficient (Wildman–Crippen LogP) is 0.144. The maximum absolute atomic E-state index is 10.5. The molecule has 0 aliphatic rings. The molecule has 0 aromatic heterocycles. The Kier molecular flexibility index (Phi) is 5.45. The minimum absolute atomic E-state index is 0.0395. The van der Waals surface area contributed by atoms with Crippen LogP contribution in [0.1, 0.15) is 0 Å². The van der Waals surface area contributed by atoms with Crippen LogP contribution in [0.5, 0.6) is 0 Å². The summed E-state index contributed by atoms with van der Waals surface area (Å²) in [5.74, 6) is -1.84. The topological polar surface area (TPSA) is 72.8 Å². The van der Waals surface area contributed by atoms with Crippen molar-refractivity contribution < 1.29 is 24.2 Å². The average Bonchev–Trinajstić information content (AvgIpc) is 2.10. The van der Waals surface area contributed by atoms with Crippen LogP contribution in [0, 0.1) is 0 Å². The van der Waals surface area contributed by atoms with Crippen LogP contribution in [0.4, 0.5) is 0 Å². The van der Waals surface area contributed by atoms with Crippen LogP contribution >= 0.6 is 12.2 Å². The number of hydrogen-bond acceptors (Lipinski definition) is 5. The van der Waals surface area contributed by atoms with Gasteiger partial charge in [0.15, 0.2) is 0 Å². The number of carbonyl (C=O) groups excluding carboxylic acids is 1. The van der Waals surface area contributed by atoms with Gasteiger partial charge in [0.2, 0.25) is 0 Å². The predicted molar refractivity (Wildman–Crippen MR) is 47.3 cm³/mol. The van der Waals surface area contributed by atoms with Crippen LogP contribution in [0.15, 0.2) is 11.8 Å². The van der Waals surface area contributed by atoms with Crippen molar-refractivity contribution in [2.24, 2.45) is 0 Å². The number of thiocarbonyl (C=S) groups is 1. The van der Waals surface area contributed by atoms with Gasteiger partial charge in [-0.3, -0.25) is 0 Å². The molecule has 1 N–H and O–H groups in total. The van der Waals surface area contributed by atoms with Gasteiger partial charge in [-0.2, -0.15) is 0 Å². The van der Waals surface area contributed by atoms with Gasteiger partial charge in [0.1, 0.15) is 12.4 Å². The molecule has 72 valence electrons. The molecule has 0 atom stereocenters. The first-order valence-corrected chi connectivity index (χ1v) is 3.66. The van der Waals surface area contributed by atoms with Crippen LogP contribution in [0.3, 0.4) is 0 Å². The normalized spacial score (nSPS) is 10.4. The fourth-order valence-corrected chi connectivity index (χ4v) is 0.542. The maximum Gasteiger partial charge on any atom is 0.342 e. The molecule has 0 aliphatic heterocycles. The summed E-state index contributed by atoms with van der Waals surface area (Å²) in [5, 5.41) is 9.13. The highest BCUT2D eigenvalue weighted by Crippen LogP contribution is 1.96. The summed E-state index contributed by atoms with van der Waals surface area (Å²) in [5.41, 5.74) is 0. The molecule has 0 saturated carbocycles. The molecule has 0 fully saturated rings. The number of hydrogen-bond donors (Lipinski definition) is 1. The highest BCUT2D eigenvalue weighted by atomic mass is 32.1. The van der Waals surface area contributed by atoms with E-state index in [9.17, 15) is 9.59 Å². The largest absolute Gasteiger partial charge is 0.497 e. The summed E-state index contributed by atoms with van der Waals surface area (Å²) in [6.45, 7) is -0.241. The van der Waals surface area contributed by atoms with E-state index in [-0.39, 0.29) is 12.4 Å². The van der Waals surface area contributed by atoms with Gasteiger partial charge in [-0.15, -0.1) is 0 Å². The van der Waals surface area contributed by atoms with E-state index in [1.54, 1.807) is 0 Å². The molecule has 0 aliphatic carbocycles. The highest BCUT2D eigenvalue weighted by Gasteiger charge is 2.03. The summed E-state index contributed by atoms with van der Waals surface area (Å²) in [6, 6.07) is 0. The fourth-order valence-electron chi connectivity index (χ4n) is 0.474. The van der Waals surface area contributed by atoms with Gasteiger partial charge in [0.25, 0.3) is 0 Å². The number of esters is 1. The Morgan fingerprint density at radius 1 is 1.54 bits per heavy atom. The van der Waals surface area contributed by atoms with Gasteiger partial charge in [-0.05, 0) is 0 Å². The van der Waals surface area contributed by atoms with Crippen LogP contribution in [-0.4, -0.2) is 36.1 Å². The minimum atomic E-state index is -1.17. The molecule has 0 spiro atoms. The Hall–Kier alpha value is -1.43. The first-order chi connectivity index (χ1) is 6.10. The van der Waals surface area contributed by atoms with E-state index in [0.29, 0.717) is 0 Å². The van der Waals surface area contributed by atoms with E-state index in [1.807, 2.05) is 0 Å². The van der Waals surface area contributed by atoms with Crippen molar-refractivity contribution in [1.82, 2.24) is 0 Å². The van der Waals surface area contributed by atoms with Crippen molar-refractivity contribution in [2.45, 2.75) is 0 Å². The molecule has 0 bridgehead atoms. The third-order valence-corrected chi connectivity index (χ3v) is 1.19. The Morgan fingerprint density at radius 3 is 2.54 bits per heavy atom. The molecule has 0 amide bonds. The van der Waals surface area contributed by atoms with Gasteiger partial charge < -0.3 is 14.6 Å². The highest BCUT2D eigenvalue weighted by molar-refractivity contribution is 7.80. The van der Waals surface area contributed by atoms with Crippen LogP contribution in [0.25, 0.3) is 0 Å². The lowest BCUT2D eigenvalue weighted by Crippen LogP contribution is -2.09. The Morgan fingerprint density at radius 2 is 2.15 bits per heavy atom. The van der Waals surface area contributed by atoms with Gasteiger partial charge in [0, 0.05) is 0 Å². The summed E-state index contributed by atoms with van der Waals surface area (Å²) < 4.78 is 9.10. The number of carboxylic acid groups (broad SMARTS) is 1. The second-order valence-electron chi connectivity index (χ2n) is 1.88. The van der Waals surface area contributed by atoms with Gasteiger partial charge in [0.05, 0.1) is 18.6 Å². The van der Waals surface area contributed by atoms with Crippen molar-refractivity contribution >= 4 is 29.5 Å². The molecule has 6 heteroatoms. The average molecular weight is 204 g/mol. The molecular weight excluding hydrogens is 196 g/mol. The second kappa shape index (κ2) is 6.13. The molecule has 0 unspecified atom stereocenters. The van der Waals surface area contributed by atoms with Crippen LogP contribution in [0.2, 0.25) is 0 Å². The Balaban J connectivity index is 4.07. The zero-order valence-corrected chi connectivity index (χ0v) is 7.67. The van der Waals surface area contributed by atoms with E-state index in [2.05, 4.69) is 21.7 Å². The van der Waals surface area contributed by atoms with E-state index in [4.69, 9.17) is 5.11 Å². The number of rotatable bonds is 5. The summed E-state index contributed by atoms with van der Waals surface area (Å²) in [4.78, 5) is 20.7. The van der Waals surface area contributed by atoms with Crippen molar-refractivity contribution in [1.29, 1.82) is 0 Å². The van der Waals surface area contributed by atoms with Gasteiger partial charge in [-0.1, -0.05) is 12.2 Å². The second-order valence-corrected chi connectivity index (χ2v) is 2.11. The third kappa shape index (κ3) is 5.80. The molecule has 13 heavy (non-hydrogen) atoms. The Bertz CT molecular complexity index is 245. The number of aliphatic carboxylic acids is 1. The molecular formula is C7H8O5S. The lowest BCUT2D eigenvalue weighted by molar-refractivity contribution is -0.135. The van der Waals surface area contributed by atoms with Crippen LogP contribution < -0.4 is 0 Å². The lowest BCUT2D eigenvalue weighted by atomic mass is 10.4. The maximum atomic E-state index is 10.5. The standard InChI is InChI=1S/C7H8O5S/c1-11-5(2-6(8)9)3-12-7(10)4-13/h2,4H,3H2,1H3,(H,8,9)/b5-2+.